The first kappa shape index (κ1) is 21.0. The number of carbonyl (C=O) groups is 1. The standard InChI is InChI=1S/C20H26N2O2.ClH/c1-20(2,14-21)15-22(3)19(23)18(16-10-6-4-7-11-16)24-17-12-8-5-9-13-17;/h4-13,18H,14-15,21H2,1-3H3;1H. The van der Waals surface area contributed by atoms with Gasteiger partial charge in [-0.3, -0.25) is 4.79 Å². The molecule has 1 amide bonds. The van der Waals surface area contributed by atoms with E-state index in [1.165, 1.54) is 0 Å². The van der Waals surface area contributed by atoms with Crippen LogP contribution >= 0.6 is 12.4 Å². The molecule has 0 radical (unpaired) electrons. The fourth-order valence-corrected chi connectivity index (χ4v) is 2.51. The van der Waals surface area contributed by atoms with Crippen LogP contribution < -0.4 is 10.5 Å². The average Bonchev–Trinajstić information content (AvgIpc) is 2.60. The van der Waals surface area contributed by atoms with Crippen molar-refractivity contribution in [3.63, 3.8) is 0 Å². The van der Waals surface area contributed by atoms with E-state index in [-0.39, 0.29) is 23.7 Å². The van der Waals surface area contributed by atoms with Gasteiger partial charge in [0.05, 0.1) is 0 Å². The highest BCUT2D eigenvalue weighted by atomic mass is 35.5. The molecule has 2 aromatic rings. The summed E-state index contributed by atoms with van der Waals surface area (Å²) in [5.74, 6) is 0.595. The number of rotatable bonds is 7. The zero-order chi connectivity index (χ0) is 17.6. The third-order valence-corrected chi connectivity index (χ3v) is 3.92. The van der Waals surface area contributed by atoms with Gasteiger partial charge in [0.15, 0.2) is 0 Å². The van der Waals surface area contributed by atoms with Gasteiger partial charge in [0, 0.05) is 19.2 Å². The molecule has 0 fully saturated rings. The zero-order valence-corrected chi connectivity index (χ0v) is 15.8. The van der Waals surface area contributed by atoms with Crippen molar-refractivity contribution in [1.29, 1.82) is 0 Å². The lowest BCUT2D eigenvalue weighted by Gasteiger charge is -2.31. The van der Waals surface area contributed by atoms with Gasteiger partial charge in [-0.25, -0.2) is 0 Å². The average molecular weight is 363 g/mol. The van der Waals surface area contributed by atoms with Crippen molar-refractivity contribution in [2.45, 2.75) is 20.0 Å². The number of carbonyl (C=O) groups excluding carboxylic acids is 1. The lowest BCUT2D eigenvalue weighted by Crippen LogP contribution is -2.42. The molecule has 0 saturated carbocycles. The largest absolute Gasteiger partial charge is 0.476 e. The van der Waals surface area contributed by atoms with Gasteiger partial charge >= 0.3 is 0 Å². The van der Waals surface area contributed by atoms with E-state index in [1.807, 2.05) is 74.5 Å². The van der Waals surface area contributed by atoms with E-state index < -0.39 is 6.10 Å². The van der Waals surface area contributed by atoms with Crippen molar-refractivity contribution in [1.82, 2.24) is 4.90 Å². The van der Waals surface area contributed by atoms with Gasteiger partial charge in [-0.1, -0.05) is 62.4 Å². The number of benzene rings is 2. The Morgan fingerprint density at radius 2 is 1.60 bits per heavy atom. The van der Waals surface area contributed by atoms with E-state index in [0.717, 1.165) is 5.56 Å². The zero-order valence-electron chi connectivity index (χ0n) is 15.0. The van der Waals surface area contributed by atoms with E-state index >= 15 is 0 Å². The molecular formula is C20H27ClN2O2. The normalized spacial score (nSPS) is 12.0. The maximum atomic E-state index is 13.0. The summed E-state index contributed by atoms with van der Waals surface area (Å²) in [4.78, 5) is 14.7. The predicted octanol–water partition coefficient (Wildman–Crippen LogP) is 3.67. The van der Waals surface area contributed by atoms with Crippen LogP contribution in [0.4, 0.5) is 0 Å². The highest BCUT2D eigenvalue weighted by Gasteiger charge is 2.29. The molecule has 1 atom stereocenters. The van der Waals surface area contributed by atoms with Crippen molar-refractivity contribution in [2.75, 3.05) is 20.1 Å². The fraction of sp³-hybridized carbons (Fsp3) is 0.350. The molecule has 25 heavy (non-hydrogen) atoms. The third-order valence-electron chi connectivity index (χ3n) is 3.92. The molecule has 0 spiro atoms. The molecule has 4 nitrogen and oxygen atoms in total. The highest BCUT2D eigenvalue weighted by Crippen LogP contribution is 2.25. The quantitative estimate of drug-likeness (QED) is 0.817. The van der Waals surface area contributed by atoms with Gasteiger partial charge in [-0.15, -0.1) is 12.4 Å². The van der Waals surface area contributed by atoms with E-state index in [0.29, 0.717) is 18.8 Å². The van der Waals surface area contributed by atoms with Crippen LogP contribution in [0.2, 0.25) is 0 Å². The van der Waals surface area contributed by atoms with Crippen LogP contribution in [0.15, 0.2) is 60.7 Å². The SMILES string of the molecule is CN(CC(C)(C)CN)C(=O)C(Oc1ccccc1)c1ccccc1.Cl. The van der Waals surface area contributed by atoms with Gasteiger partial charge in [0.1, 0.15) is 5.75 Å². The van der Waals surface area contributed by atoms with Crippen LogP contribution in [0.3, 0.4) is 0 Å². The molecule has 136 valence electrons. The maximum absolute atomic E-state index is 13.0. The predicted molar refractivity (Wildman–Crippen MR) is 104 cm³/mol. The number of amides is 1. The Balaban J connectivity index is 0.00000312. The van der Waals surface area contributed by atoms with Crippen LogP contribution in [0.5, 0.6) is 5.75 Å². The van der Waals surface area contributed by atoms with Gasteiger partial charge in [-0.2, -0.15) is 0 Å². The second-order valence-corrected chi connectivity index (χ2v) is 6.78. The van der Waals surface area contributed by atoms with E-state index in [2.05, 4.69) is 0 Å². The summed E-state index contributed by atoms with van der Waals surface area (Å²) >= 11 is 0. The molecule has 0 heterocycles. The second kappa shape index (κ2) is 9.44. The summed E-state index contributed by atoms with van der Waals surface area (Å²) < 4.78 is 6.01. The second-order valence-electron chi connectivity index (χ2n) is 6.78. The Hall–Kier alpha value is -2.04. The molecule has 2 N–H and O–H groups in total. The van der Waals surface area contributed by atoms with E-state index in [4.69, 9.17) is 10.5 Å². The minimum absolute atomic E-state index is 0. The van der Waals surface area contributed by atoms with Crippen LogP contribution in [-0.4, -0.2) is 30.9 Å². The van der Waals surface area contributed by atoms with E-state index in [9.17, 15) is 4.79 Å². The van der Waals surface area contributed by atoms with Crippen molar-refractivity contribution in [3.05, 3.63) is 66.2 Å². The minimum Gasteiger partial charge on any atom is -0.476 e. The number of likely N-dealkylation sites (N-methyl/N-ethyl adjacent to an activating group) is 1. The summed E-state index contributed by atoms with van der Waals surface area (Å²) in [6, 6.07) is 19.0. The first-order valence-electron chi connectivity index (χ1n) is 8.15. The lowest BCUT2D eigenvalue weighted by molar-refractivity contribution is -0.139. The van der Waals surface area contributed by atoms with E-state index in [1.54, 1.807) is 11.9 Å². The summed E-state index contributed by atoms with van der Waals surface area (Å²) in [5.41, 5.74) is 6.49. The maximum Gasteiger partial charge on any atom is 0.268 e. The number of hydrogen-bond acceptors (Lipinski definition) is 3. The summed E-state index contributed by atoms with van der Waals surface area (Å²) in [6.07, 6.45) is -0.674. The van der Waals surface area contributed by atoms with Crippen LogP contribution in [0.1, 0.15) is 25.5 Å². The van der Waals surface area contributed by atoms with Crippen molar-refractivity contribution < 1.29 is 9.53 Å². The molecule has 0 aliphatic carbocycles. The Morgan fingerprint density at radius 3 is 2.12 bits per heavy atom. The summed E-state index contributed by atoms with van der Waals surface area (Å²) in [5, 5.41) is 0. The molecule has 0 aromatic heterocycles. The number of hydrogen-bond donors (Lipinski definition) is 1. The first-order valence-corrected chi connectivity index (χ1v) is 8.15. The molecule has 5 heteroatoms. The number of nitrogens with zero attached hydrogens (tertiary/aromatic N) is 1. The Morgan fingerprint density at radius 1 is 1.08 bits per heavy atom. The number of ether oxygens (including phenoxy) is 1. The van der Waals surface area contributed by atoms with Crippen molar-refractivity contribution >= 4 is 18.3 Å². The van der Waals surface area contributed by atoms with Crippen molar-refractivity contribution in [3.8, 4) is 5.75 Å². The van der Waals surface area contributed by atoms with Crippen LogP contribution in [-0.2, 0) is 4.79 Å². The Bertz CT molecular complexity index is 647. The lowest BCUT2D eigenvalue weighted by atomic mass is 9.93. The smallest absolute Gasteiger partial charge is 0.268 e. The topological polar surface area (TPSA) is 55.6 Å². The third kappa shape index (κ3) is 6.07. The summed E-state index contributed by atoms with van der Waals surface area (Å²) in [6.45, 7) is 5.18. The molecule has 1 unspecified atom stereocenters. The van der Waals surface area contributed by atoms with Crippen LogP contribution in [0.25, 0.3) is 0 Å². The van der Waals surface area contributed by atoms with Gasteiger partial charge in [-0.05, 0) is 24.1 Å². The molecule has 0 bridgehead atoms. The van der Waals surface area contributed by atoms with Crippen molar-refractivity contribution in [2.24, 2.45) is 11.1 Å². The van der Waals surface area contributed by atoms with Gasteiger partial charge in [0.25, 0.3) is 5.91 Å². The van der Waals surface area contributed by atoms with Gasteiger partial charge < -0.3 is 15.4 Å². The molecule has 0 aliphatic heterocycles. The molecule has 0 saturated heterocycles. The molecule has 2 aromatic carbocycles. The number of para-hydroxylation sites is 1. The number of nitrogens with two attached hydrogens (primary N) is 1. The highest BCUT2D eigenvalue weighted by molar-refractivity contribution is 5.85. The Labute approximate surface area is 156 Å². The monoisotopic (exact) mass is 362 g/mol. The van der Waals surface area contributed by atoms with Gasteiger partial charge in [0.2, 0.25) is 6.10 Å². The molecule has 0 aliphatic rings. The number of halogens is 1. The minimum atomic E-state index is -0.674. The fourth-order valence-electron chi connectivity index (χ4n) is 2.51. The Kier molecular flexibility index (Phi) is 7.94. The molecular weight excluding hydrogens is 336 g/mol. The first-order chi connectivity index (χ1) is 11.4. The summed E-state index contributed by atoms with van der Waals surface area (Å²) in [7, 11) is 1.80. The van der Waals surface area contributed by atoms with Crippen LogP contribution in [0, 0.1) is 5.41 Å². The molecule has 2 rings (SSSR count).